The number of amides is 1. The fourth-order valence-electron chi connectivity index (χ4n) is 3.73. The number of ether oxygens (including phenoxy) is 4. The number of hydrogen-bond donors (Lipinski definition) is 1. The fourth-order valence-corrected chi connectivity index (χ4v) is 4.60. The second-order valence-electron chi connectivity index (χ2n) is 8.10. The van der Waals surface area contributed by atoms with E-state index in [2.05, 4.69) is 20.7 Å². The zero-order chi connectivity index (χ0) is 28.5. The normalized spacial score (nSPS) is 10.9. The maximum absolute atomic E-state index is 12.7. The van der Waals surface area contributed by atoms with Gasteiger partial charge < -0.3 is 18.9 Å². The smallest absolute Gasteiger partial charge is 0.250 e. The predicted molar refractivity (Wildman–Crippen MR) is 156 cm³/mol. The summed E-state index contributed by atoms with van der Waals surface area (Å²) in [5, 5.41) is 14.0. The lowest BCUT2D eigenvalue weighted by Crippen LogP contribution is -2.20. The van der Waals surface area contributed by atoms with Crippen molar-refractivity contribution in [3.05, 3.63) is 71.2 Å². The van der Waals surface area contributed by atoms with Crippen LogP contribution < -0.4 is 24.4 Å². The predicted octanol–water partition coefficient (Wildman–Crippen LogP) is 5.25. The van der Waals surface area contributed by atoms with Crippen LogP contribution in [0.25, 0.3) is 17.1 Å². The summed E-state index contributed by atoms with van der Waals surface area (Å²) in [7, 11) is 4.61. The van der Waals surface area contributed by atoms with Gasteiger partial charge in [-0.2, -0.15) is 5.10 Å². The average molecular weight is 582 g/mol. The van der Waals surface area contributed by atoms with Crippen LogP contribution in [0.1, 0.15) is 12.5 Å². The number of hydrazone groups is 1. The van der Waals surface area contributed by atoms with Gasteiger partial charge in [0.15, 0.2) is 11.0 Å². The van der Waals surface area contributed by atoms with Gasteiger partial charge in [0, 0.05) is 28.4 Å². The molecule has 208 valence electrons. The third-order valence-electron chi connectivity index (χ3n) is 5.61. The van der Waals surface area contributed by atoms with Crippen LogP contribution in [0.2, 0.25) is 5.02 Å². The summed E-state index contributed by atoms with van der Waals surface area (Å²) in [5.41, 5.74) is 4.74. The van der Waals surface area contributed by atoms with Gasteiger partial charge in [0.25, 0.3) is 5.91 Å². The van der Waals surface area contributed by atoms with Crippen molar-refractivity contribution in [1.29, 1.82) is 0 Å². The molecule has 1 amide bonds. The largest absolute Gasteiger partial charge is 0.496 e. The molecule has 0 fully saturated rings. The monoisotopic (exact) mass is 581 g/mol. The molecule has 0 aliphatic heterocycles. The summed E-state index contributed by atoms with van der Waals surface area (Å²) in [6.45, 7) is 2.50. The summed E-state index contributed by atoms with van der Waals surface area (Å²) in [6, 6.07) is 18.3. The van der Waals surface area contributed by atoms with E-state index in [4.69, 9.17) is 30.5 Å². The third kappa shape index (κ3) is 6.85. The Bertz CT molecular complexity index is 1450. The first-order valence-electron chi connectivity index (χ1n) is 12.2. The van der Waals surface area contributed by atoms with Crippen molar-refractivity contribution in [2.75, 3.05) is 33.7 Å². The SMILES string of the molecule is CCOc1ccc(-n2c(SCC(=O)N/N=C\c3c(OC)cc(OC)cc3OC)nnc2-c2ccc(Cl)cc2)cc1. The number of aromatic nitrogens is 3. The van der Waals surface area contributed by atoms with Crippen LogP contribution in [0.5, 0.6) is 23.0 Å². The number of hydrogen-bond acceptors (Lipinski definition) is 9. The number of carbonyl (C=O) groups excluding carboxylic acids is 1. The van der Waals surface area contributed by atoms with E-state index in [-0.39, 0.29) is 11.7 Å². The highest BCUT2D eigenvalue weighted by Crippen LogP contribution is 2.33. The second-order valence-corrected chi connectivity index (χ2v) is 9.48. The van der Waals surface area contributed by atoms with Gasteiger partial charge in [-0.15, -0.1) is 10.2 Å². The highest BCUT2D eigenvalue weighted by atomic mass is 35.5. The van der Waals surface area contributed by atoms with E-state index < -0.39 is 0 Å². The van der Waals surface area contributed by atoms with E-state index in [1.807, 2.05) is 47.9 Å². The van der Waals surface area contributed by atoms with Crippen LogP contribution in [0, 0.1) is 0 Å². The first-order valence-corrected chi connectivity index (χ1v) is 13.5. The molecule has 0 bridgehead atoms. The number of rotatable bonds is 12. The number of nitrogens with one attached hydrogen (secondary N) is 1. The Morgan fingerprint density at radius 2 is 1.65 bits per heavy atom. The molecule has 0 unspecified atom stereocenters. The summed E-state index contributed by atoms with van der Waals surface area (Å²) in [5.74, 6) is 2.63. The Morgan fingerprint density at radius 3 is 2.25 bits per heavy atom. The molecule has 1 heterocycles. The van der Waals surface area contributed by atoms with Gasteiger partial charge in [0.2, 0.25) is 0 Å². The van der Waals surface area contributed by atoms with Crippen molar-refractivity contribution in [3.8, 4) is 40.1 Å². The number of halogens is 1. The maximum atomic E-state index is 12.7. The Balaban J connectivity index is 1.52. The molecule has 1 N–H and O–H groups in total. The highest BCUT2D eigenvalue weighted by Gasteiger charge is 2.18. The van der Waals surface area contributed by atoms with E-state index >= 15 is 0 Å². The van der Waals surface area contributed by atoms with E-state index in [9.17, 15) is 4.79 Å². The fraction of sp³-hybridized carbons (Fsp3) is 0.214. The van der Waals surface area contributed by atoms with Crippen LogP contribution in [0.15, 0.2) is 70.9 Å². The van der Waals surface area contributed by atoms with Crippen molar-refractivity contribution < 1.29 is 23.7 Å². The number of methoxy groups -OCH3 is 3. The Hall–Kier alpha value is -4.22. The van der Waals surface area contributed by atoms with Crippen LogP contribution in [0.3, 0.4) is 0 Å². The minimum absolute atomic E-state index is 0.0456. The molecule has 0 saturated carbocycles. The lowest BCUT2D eigenvalue weighted by molar-refractivity contribution is -0.118. The molecule has 0 radical (unpaired) electrons. The zero-order valence-electron chi connectivity index (χ0n) is 22.4. The molecule has 12 heteroatoms. The molecule has 4 aromatic rings. The number of thioether (sulfide) groups is 1. The molecule has 10 nitrogen and oxygen atoms in total. The molecule has 0 spiro atoms. The molecule has 3 aromatic carbocycles. The van der Waals surface area contributed by atoms with Gasteiger partial charge in [0.05, 0.1) is 45.5 Å². The molecule has 40 heavy (non-hydrogen) atoms. The summed E-state index contributed by atoms with van der Waals surface area (Å²) in [4.78, 5) is 12.7. The van der Waals surface area contributed by atoms with Crippen LogP contribution >= 0.6 is 23.4 Å². The molecule has 0 saturated heterocycles. The van der Waals surface area contributed by atoms with E-state index in [0.29, 0.717) is 45.4 Å². The number of carbonyl (C=O) groups is 1. The standard InChI is InChI=1S/C28H28ClN5O5S/c1-5-39-21-12-10-20(11-13-21)34-27(18-6-8-19(29)9-7-18)32-33-28(34)40-17-26(35)31-30-16-23-24(37-3)14-22(36-2)15-25(23)38-4/h6-16H,5,17H2,1-4H3,(H,31,35)/b30-16-. The molecule has 0 atom stereocenters. The molecular formula is C28H28ClN5O5S. The minimum atomic E-state index is -0.331. The first kappa shape index (κ1) is 28.8. The minimum Gasteiger partial charge on any atom is -0.496 e. The first-order chi connectivity index (χ1) is 19.5. The third-order valence-corrected chi connectivity index (χ3v) is 6.79. The molecule has 1 aromatic heterocycles. The van der Waals surface area contributed by atoms with Gasteiger partial charge >= 0.3 is 0 Å². The number of nitrogens with zero attached hydrogens (tertiary/aromatic N) is 4. The van der Waals surface area contributed by atoms with Crippen molar-refractivity contribution in [2.24, 2.45) is 5.10 Å². The van der Waals surface area contributed by atoms with E-state index in [1.165, 1.54) is 32.2 Å². The maximum Gasteiger partial charge on any atom is 0.250 e. The van der Waals surface area contributed by atoms with Gasteiger partial charge in [-0.25, -0.2) is 5.43 Å². The Labute approximate surface area is 241 Å². The molecular weight excluding hydrogens is 554 g/mol. The summed E-state index contributed by atoms with van der Waals surface area (Å²) in [6.07, 6.45) is 1.46. The van der Waals surface area contributed by atoms with Gasteiger partial charge in [-0.3, -0.25) is 9.36 Å². The van der Waals surface area contributed by atoms with Crippen molar-refractivity contribution in [2.45, 2.75) is 12.1 Å². The van der Waals surface area contributed by atoms with Crippen LogP contribution in [-0.2, 0) is 4.79 Å². The lowest BCUT2D eigenvalue weighted by Gasteiger charge is -2.12. The lowest BCUT2D eigenvalue weighted by atomic mass is 10.2. The van der Waals surface area contributed by atoms with Crippen LogP contribution in [-0.4, -0.2) is 60.6 Å². The topological polar surface area (TPSA) is 109 Å². The van der Waals surface area contributed by atoms with Gasteiger partial charge in [-0.05, 0) is 55.5 Å². The van der Waals surface area contributed by atoms with E-state index in [1.54, 1.807) is 31.4 Å². The van der Waals surface area contributed by atoms with Crippen molar-refractivity contribution in [1.82, 2.24) is 20.2 Å². The molecule has 0 aliphatic rings. The van der Waals surface area contributed by atoms with E-state index in [0.717, 1.165) is 17.0 Å². The molecule has 4 rings (SSSR count). The zero-order valence-corrected chi connectivity index (χ0v) is 24.0. The van der Waals surface area contributed by atoms with Gasteiger partial charge in [-0.1, -0.05) is 23.4 Å². The molecule has 0 aliphatic carbocycles. The summed E-state index contributed by atoms with van der Waals surface area (Å²) >= 11 is 7.31. The summed E-state index contributed by atoms with van der Waals surface area (Å²) < 4.78 is 23.5. The number of benzene rings is 3. The van der Waals surface area contributed by atoms with Gasteiger partial charge in [0.1, 0.15) is 23.0 Å². The highest BCUT2D eigenvalue weighted by molar-refractivity contribution is 7.99. The average Bonchev–Trinajstić information content (AvgIpc) is 3.40. The van der Waals surface area contributed by atoms with Crippen molar-refractivity contribution in [3.63, 3.8) is 0 Å². The second kappa shape index (κ2) is 13.7. The Morgan fingerprint density at radius 1 is 0.975 bits per heavy atom. The Kier molecular flexibility index (Phi) is 9.87. The quantitative estimate of drug-likeness (QED) is 0.137. The van der Waals surface area contributed by atoms with Crippen molar-refractivity contribution >= 4 is 35.5 Å². The van der Waals surface area contributed by atoms with Crippen LogP contribution in [0.4, 0.5) is 0 Å².